The third kappa shape index (κ3) is 3.39. The summed E-state index contributed by atoms with van der Waals surface area (Å²) >= 11 is 0. The number of aliphatic carboxylic acids is 1. The van der Waals surface area contributed by atoms with Gasteiger partial charge in [-0.15, -0.1) is 0 Å². The molecule has 0 bridgehead atoms. The number of hydrogen-bond acceptors (Lipinski definition) is 3. The zero-order chi connectivity index (χ0) is 11.4. The Hall–Kier alpha value is -1.30. The second-order valence-corrected chi connectivity index (χ2v) is 3.86. The van der Waals surface area contributed by atoms with Gasteiger partial charge in [0.15, 0.2) is 0 Å². The van der Waals surface area contributed by atoms with Crippen molar-refractivity contribution in [3.05, 3.63) is 0 Å². The number of carboxylic acid groups (broad SMARTS) is 1. The quantitative estimate of drug-likeness (QED) is 0.583. The van der Waals surface area contributed by atoms with E-state index in [9.17, 15) is 9.59 Å². The Balaban J connectivity index is 2.42. The molecule has 0 saturated carbocycles. The minimum atomic E-state index is -1.04. The number of urea groups is 1. The second-order valence-electron chi connectivity index (χ2n) is 3.86. The molecule has 6 nitrogen and oxygen atoms in total. The van der Waals surface area contributed by atoms with Gasteiger partial charge in [-0.25, -0.2) is 4.79 Å². The van der Waals surface area contributed by atoms with Gasteiger partial charge in [0.05, 0.1) is 0 Å². The lowest BCUT2D eigenvalue weighted by atomic mass is 10.1. The van der Waals surface area contributed by atoms with Gasteiger partial charge in [0.1, 0.15) is 6.04 Å². The van der Waals surface area contributed by atoms with Gasteiger partial charge in [-0.1, -0.05) is 0 Å². The normalized spacial score (nSPS) is 23.3. The van der Waals surface area contributed by atoms with E-state index in [4.69, 9.17) is 10.8 Å². The molecule has 0 aromatic carbocycles. The van der Waals surface area contributed by atoms with E-state index >= 15 is 0 Å². The molecule has 1 saturated heterocycles. The van der Waals surface area contributed by atoms with E-state index in [2.05, 4.69) is 5.32 Å². The first-order valence-corrected chi connectivity index (χ1v) is 5.04. The average Bonchev–Trinajstić information content (AvgIpc) is 2.17. The molecule has 15 heavy (non-hydrogen) atoms. The summed E-state index contributed by atoms with van der Waals surface area (Å²) in [7, 11) is 0. The Morgan fingerprint density at radius 3 is 2.80 bits per heavy atom. The number of carbonyl (C=O) groups is 2. The van der Waals surface area contributed by atoms with Crippen LogP contribution in [0.25, 0.3) is 0 Å². The van der Waals surface area contributed by atoms with Gasteiger partial charge in [0.25, 0.3) is 0 Å². The Morgan fingerprint density at radius 1 is 1.60 bits per heavy atom. The fourth-order valence-corrected chi connectivity index (χ4v) is 1.53. The van der Waals surface area contributed by atoms with E-state index in [-0.39, 0.29) is 12.1 Å². The lowest BCUT2D eigenvalue weighted by Crippen LogP contribution is -2.52. The van der Waals surface area contributed by atoms with Crippen molar-refractivity contribution in [2.24, 2.45) is 5.73 Å². The van der Waals surface area contributed by atoms with Gasteiger partial charge in [-0.3, -0.25) is 4.79 Å². The van der Waals surface area contributed by atoms with Crippen LogP contribution in [0.3, 0.4) is 0 Å². The maximum absolute atomic E-state index is 11.6. The molecule has 0 aromatic rings. The van der Waals surface area contributed by atoms with Gasteiger partial charge in [0, 0.05) is 19.1 Å². The summed E-state index contributed by atoms with van der Waals surface area (Å²) < 4.78 is 0. The average molecular weight is 215 g/mol. The van der Waals surface area contributed by atoms with E-state index in [0.717, 1.165) is 12.8 Å². The first-order chi connectivity index (χ1) is 7.00. The molecule has 86 valence electrons. The number of likely N-dealkylation sites (tertiary alicyclic amines) is 1. The van der Waals surface area contributed by atoms with E-state index in [1.165, 1.54) is 6.92 Å². The van der Waals surface area contributed by atoms with Crippen LogP contribution >= 0.6 is 0 Å². The number of piperidine rings is 1. The van der Waals surface area contributed by atoms with Crippen molar-refractivity contribution in [2.75, 3.05) is 13.1 Å². The van der Waals surface area contributed by atoms with Gasteiger partial charge >= 0.3 is 12.0 Å². The molecular weight excluding hydrogens is 198 g/mol. The van der Waals surface area contributed by atoms with Crippen molar-refractivity contribution < 1.29 is 14.7 Å². The van der Waals surface area contributed by atoms with Crippen LogP contribution in [0.4, 0.5) is 4.79 Å². The van der Waals surface area contributed by atoms with Crippen molar-refractivity contribution in [1.29, 1.82) is 0 Å². The second kappa shape index (κ2) is 4.97. The van der Waals surface area contributed by atoms with Crippen LogP contribution in [0.15, 0.2) is 0 Å². The molecule has 1 aliphatic heterocycles. The summed E-state index contributed by atoms with van der Waals surface area (Å²) in [6, 6.07) is -1.21. The SMILES string of the molecule is C[C@H](NC(=O)N1CCCC(N)C1)C(=O)O. The van der Waals surface area contributed by atoms with Crippen LogP contribution in [0.1, 0.15) is 19.8 Å². The van der Waals surface area contributed by atoms with E-state index in [1.54, 1.807) is 4.90 Å². The molecule has 1 unspecified atom stereocenters. The monoisotopic (exact) mass is 215 g/mol. The number of carboxylic acids is 1. The zero-order valence-electron chi connectivity index (χ0n) is 8.77. The highest BCUT2D eigenvalue weighted by Gasteiger charge is 2.23. The maximum atomic E-state index is 11.6. The molecule has 0 radical (unpaired) electrons. The van der Waals surface area contributed by atoms with Crippen molar-refractivity contribution in [3.63, 3.8) is 0 Å². The highest BCUT2D eigenvalue weighted by molar-refractivity contribution is 5.82. The predicted octanol–water partition coefficient (Wildman–Crippen LogP) is -0.408. The molecule has 1 rings (SSSR count). The number of nitrogens with zero attached hydrogens (tertiary/aromatic N) is 1. The first kappa shape index (κ1) is 11.8. The van der Waals surface area contributed by atoms with Gasteiger partial charge in [0.2, 0.25) is 0 Å². The molecule has 1 aliphatic rings. The molecule has 1 heterocycles. The number of rotatable bonds is 2. The Kier molecular flexibility index (Phi) is 3.90. The summed E-state index contributed by atoms with van der Waals surface area (Å²) in [5, 5.41) is 11.0. The summed E-state index contributed by atoms with van der Waals surface area (Å²) in [6.45, 7) is 2.58. The lowest BCUT2D eigenvalue weighted by molar-refractivity contribution is -0.138. The van der Waals surface area contributed by atoms with Crippen LogP contribution in [-0.2, 0) is 4.79 Å². The van der Waals surface area contributed by atoms with Crippen LogP contribution in [0, 0.1) is 0 Å². The smallest absolute Gasteiger partial charge is 0.325 e. The van der Waals surface area contributed by atoms with Crippen LogP contribution in [0.2, 0.25) is 0 Å². The number of carbonyl (C=O) groups excluding carboxylic acids is 1. The van der Waals surface area contributed by atoms with Crippen molar-refractivity contribution >= 4 is 12.0 Å². The molecule has 4 N–H and O–H groups in total. The minimum Gasteiger partial charge on any atom is -0.480 e. The van der Waals surface area contributed by atoms with Crippen LogP contribution in [0.5, 0.6) is 0 Å². The molecule has 0 aromatic heterocycles. The van der Waals surface area contributed by atoms with Gasteiger partial charge in [-0.05, 0) is 19.8 Å². The fourth-order valence-electron chi connectivity index (χ4n) is 1.53. The molecule has 2 atom stereocenters. The van der Waals surface area contributed by atoms with E-state index in [1.807, 2.05) is 0 Å². The Labute approximate surface area is 88.4 Å². The molecular formula is C9H17N3O3. The zero-order valence-corrected chi connectivity index (χ0v) is 8.77. The maximum Gasteiger partial charge on any atom is 0.325 e. The van der Waals surface area contributed by atoms with Crippen molar-refractivity contribution in [3.8, 4) is 0 Å². The topological polar surface area (TPSA) is 95.7 Å². The van der Waals surface area contributed by atoms with Crippen LogP contribution < -0.4 is 11.1 Å². The summed E-state index contributed by atoms with van der Waals surface area (Å²) in [5.74, 6) is -1.04. The lowest BCUT2D eigenvalue weighted by Gasteiger charge is -2.31. The van der Waals surface area contributed by atoms with Gasteiger partial charge in [-0.2, -0.15) is 0 Å². The summed E-state index contributed by atoms with van der Waals surface area (Å²) in [4.78, 5) is 23.6. The Bertz CT molecular complexity index is 257. The number of nitrogens with one attached hydrogen (secondary N) is 1. The molecule has 0 aliphatic carbocycles. The molecule has 6 heteroatoms. The summed E-state index contributed by atoms with van der Waals surface area (Å²) in [5.41, 5.74) is 5.72. The third-order valence-corrected chi connectivity index (χ3v) is 2.46. The van der Waals surface area contributed by atoms with Gasteiger partial charge < -0.3 is 21.1 Å². The molecule has 2 amide bonds. The largest absolute Gasteiger partial charge is 0.480 e. The minimum absolute atomic E-state index is 0.00429. The third-order valence-electron chi connectivity index (χ3n) is 2.46. The predicted molar refractivity (Wildman–Crippen MR) is 54.4 cm³/mol. The highest BCUT2D eigenvalue weighted by Crippen LogP contribution is 2.08. The Morgan fingerprint density at radius 2 is 2.27 bits per heavy atom. The number of amides is 2. The standard InChI is InChI=1S/C9H17N3O3/c1-6(8(13)14)11-9(15)12-4-2-3-7(10)5-12/h6-7H,2-5,10H2,1H3,(H,11,15)(H,13,14)/t6-,7?/m0/s1. The molecule has 1 fully saturated rings. The van der Waals surface area contributed by atoms with Crippen molar-refractivity contribution in [2.45, 2.75) is 31.8 Å². The fraction of sp³-hybridized carbons (Fsp3) is 0.778. The summed E-state index contributed by atoms with van der Waals surface area (Å²) in [6.07, 6.45) is 1.79. The van der Waals surface area contributed by atoms with E-state index < -0.39 is 12.0 Å². The first-order valence-electron chi connectivity index (χ1n) is 5.04. The molecule has 0 spiro atoms. The number of nitrogens with two attached hydrogens (primary N) is 1. The van der Waals surface area contributed by atoms with Crippen molar-refractivity contribution in [1.82, 2.24) is 10.2 Å². The number of hydrogen-bond donors (Lipinski definition) is 3. The van der Waals surface area contributed by atoms with E-state index in [0.29, 0.717) is 13.1 Å². The van der Waals surface area contributed by atoms with Crippen LogP contribution in [-0.4, -0.2) is 47.2 Å². The highest BCUT2D eigenvalue weighted by atomic mass is 16.4.